The molecule has 0 atom stereocenters. The highest BCUT2D eigenvalue weighted by atomic mass is 15.3. The second-order valence-electron chi connectivity index (χ2n) is 2.92. The van der Waals surface area contributed by atoms with Gasteiger partial charge in [-0.15, -0.1) is 0 Å². The zero-order chi connectivity index (χ0) is 8.43. The van der Waals surface area contributed by atoms with Gasteiger partial charge in [0, 0.05) is 19.7 Å². The van der Waals surface area contributed by atoms with Crippen molar-refractivity contribution in [2.45, 2.75) is 6.54 Å². The molecule has 1 aromatic heterocycles. The molecule has 0 aliphatic heterocycles. The molecular formula is C7H14N4. The van der Waals surface area contributed by atoms with E-state index in [1.54, 1.807) is 4.68 Å². The molecule has 0 saturated carbocycles. The number of hydrogen-bond donors (Lipinski definition) is 1. The molecule has 0 amide bonds. The Morgan fingerprint density at radius 3 is 2.64 bits per heavy atom. The lowest BCUT2D eigenvalue weighted by Crippen LogP contribution is -2.13. The average molecular weight is 154 g/mol. The number of hydrogen-bond acceptors (Lipinski definition) is 3. The van der Waals surface area contributed by atoms with Gasteiger partial charge < -0.3 is 10.6 Å². The van der Waals surface area contributed by atoms with Crippen LogP contribution in [-0.4, -0.2) is 28.8 Å². The third-order valence-corrected chi connectivity index (χ3v) is 1.47. The van der Waals surface area contributed by atoms with Crippen molar-refractivity contribution < 1.29 is 0 Å². The van der Waals surface area contributed by atoms with Gasteiger partial charge in [0.1, 0.15) is 5.82 Å². The largest absolute Gasteiger partial charge is 0.382 e. The van der Waals surface area contributed by atoms with E-state index in [0.717, 1.165) is 12.2 Å². The predicted octanol–water partition coefficient (Wildman–Crippen LogP) is 0.0639. The van der Waals surface area contributed by atoms with Crippen LogP contribution in [0.2, 0.25) is 0 Å². The molecule has 0 fully saturated rings. The number of aryl methyl sites for hydroxylation is 1. The van der Waals surface area contributed by atoms with Crippen LogP contribution < -0.4 is 5.73 Å². The van der Waals surface area contributed by atoms with Crippen LogP contribution in [0.5, 0.6) is 0 Å². The normalized spacial score (nSPS) is 10.9. The molecule has 2 N–H and O–H groups in total. The van der Waals surface area contributed by atoms with E-state index >= 15 is 0 Å². The molecule has 62 valence electrons. The van der Waals surface area contributed by atoms with Crippen LogP contribution in [0.25, 0.3) is 0 Å². The van der Waals surface area contributed by atoms with Gasteiger partial charge in [-0.25, -0.2) is 0 Å². The highest BCUT2D eigenvalue weighted by Gasteiger charge is 2.02. The van der Waals surface area contributed by atoms with Crippen LogP contribution in [0.15, 0.2) is 6.07 Å². The SMILES string of the molecule is CN(C)Cc1cc(N)nn1C. The molecule has 0 radical (unpaired) electrons. The molecule has 0 aromatic carbocycles. The molecule has 0 unspecified atom stereocenters. The lowest BCUT2D eigenvalue weighted by Gasteiger charge is -2.08. The Hall–Kier alpha value is -1.03. The van der Waals surface area contributed by atoms with Crippen molar-refractivity contribution in [3.05, 3.63) is 11.8 Å². The van der Waals surface area contributed by atoms with E-state index in [1.807, 2.05) is 27.2 Å². The summed E-state index contributed by atoms with van der Waals surface area (Å²) in [6.45, 7) is 0.876. The van der Waals surface area contributed by atoms with Gasteiger partial charge in [0.2, 0.25) is 0 Å². The van der Waals surface area contributed by atoms with Gasteiger partial charge >= 0.3 is 0 Å². The quantitative estimate of drug-likeness (QED) is 0.655. The number of anilines is 1. The summed E-state index contributed by atoms with van der Waals surface area (Å²) >= 11 is 0. The van der Waals surface area contributed by atoms with Crippen LogP contribution in [0.1, 0.15) is 5.69 Å². The maximum Gasteiger partial charge on any atom is 0.145 e. The number of aromatic nitrogens is 2. The zero-order valence-corrected chi connectivity index (χ0v) is 7.20. The molecule has 4 nitrogen and oxygen atoms in total. The first-order valence-corrected chi connectivity index (χ1v) is 3.52. The highest BCUT2D eigenvalue weighted by molar-refractivity contribution is 5.29. The number of rotatable bonds is 2. The molecule has 1 aromatic rings. The van der Waals surface area contributed by atoms with Crippen molar-refractivity contribution in [1.29, 1.82) is 0 Å². The van der Waals surface area contributed by atoms with Crippen LogP contribution in [0.4, 0.5) is 5.82 Å². The molecule has 11 heavy (non-hydrogen) atoms. The smallest absolute Gasteiger partial charge is 0.145 e. The summed E-state index contributed by atoms with van der Waals surface area (Å²) in [5.74, 6) is 0.587. The molecule has 1 heterocycles. The van der Waals surface area contributed by atoms with E-state index in [2.05, 4.69) is 10.00 Å². The van der Waals surface area contributed by atoms with Crippen LogP contribution in [0.3, 0.4) is 0 Å². The summed E-state index contributed by atoms with van der Waals surface area (Å²) < 4.78 is 1.80. The standard InChI is InChI=1S/C7H14N4/c1-10(2)5-6-4-7(8)9-11(6)3/h4H,5H2,1-3H3,(H2,8,9). The van der Waals surface area contributed by atoms with Gasteiger partial charge in [-0.2, -0.15) is 5.10 Å². The summed E-state index contributed by atoms with van der Waals surface area (Å²) in [5.41, 5.74) is 6.64. The third-order valence-electron chi connectivity index (χ3n) is 1.47. The number of nitrogens with two attached hydrogens (primary N) is 1. The van der Waals surface area contributed by atoms with Gasteiger partial charge in [0.25, 0.3) is 0 Å². The summed E-state index contributed by atoms with van der Waals surface area (Å²) in [6, 6.07) is 1.89. The van der Waals surface area contributed by atoms with E-state index in [-0.39, 0.29) is 0 Å². The Morgan fingerprint density at radius 2 is 2.27 bits per heavy atom. The minimum absolute atomic E-state index is 0.587. The van der Waals surface area contributed by atoms with Gasteiger partial charge in [0.15, 0.2) is 0 Å². The lowest BCUT2D eigenvalue weighted by atomic mass is 10.4. The Balaban J connectivity index is 2.77. The third kappa shape index (κ3) is 1.94. The first kappa shape index (κ1) is 8.07. The predicted molar refractivity (Wildman–Crippen MR) is 45.0 cm³/mol. The molecule has 0 aliphatic rings. The van der Waals surface area contributed by atoms with Gasteiger partial charge in [-0.3, -0.25) is 4.68 Å². The molecule has 1 rings (SSSR count). The van der Waals surface area contributed by atoms with Crippen LogP contribution in [-0.2, 0) is 13.6 Å². The highest BCUT2D eigenvalue weighted by Crippen LogP contribution is 2.05. The van der Waals surface area contributed by atoms with E-state index < -0.39 is 0 Å². The molecular weight excluding hydrogens is 140 g/mol. The van der Waals surface area contributed by atoms with Crippen molar-refractivity contribution in [3.8, 4) is 0 Å². The van der Waals surface area contributed by atoms with Gasteiger partial charge in [-0.1, -0.05) is 0 Å². The fourth-order valence-electron chi connectivity index (χ4n) is 1.00. The number of nitrogen functional groups attached to an aromatic ring is 1. The molecule has 4 heteroatoms. The Morgan fingerprint density at radius 1 is 1.64 bits per heavy atom. The van der Waals surface area contributed by atoms with Crippen molar-refractivity contribution >= 4 is 5.82 Å². The second kappa shape index (κ2) is 2.92. The van der Waals surface area contributed by atoms with Gasteiger partial charge in [-0.05, 0) is 14.1 Å². The Kier molecular flexibility index (Phi) is 2.14. The van der Waals surface area contributed by atoms with Crippen molar-refractivity contribution in [1.82, 2.24) is 14.7 Å². The van der Waals surface area contributed by atoms with Crippen LogP contribution >= 0.6 is 0 Å². The topological polar surface area (TPSA) is 47.1 Å². The van der Waals surface area contributed by atoms with Crippen molar-refractivity contribution in [2.24, 2.45) is 7.05 Å². The monoisotopic (exact) mass is 154 g/mol. The van der Waals surface area contributed by atoms with E-state index in [1.165, 1.54) is 0 Å². The first-order chi connectivity index (χ1) is 5.09. The second-order valence-corrected chi connectivity index (χ2v) is 2.92. The van der Waals surface area contributed by atoms with Crippen molar-refractivity contribution in [3.63, 3.8) is 0 Å². The minimum atomic E-state index is 0.587. The van der Waals surface area contributed by atoms with E-state index in [9.17, 15) is 0 Å². The zero-order valence-electron chi connectivity index (χ0n) is 7.20. The molecule has 0 bridgehead atoms. The average Bonchev–Trinajstić information content (AvgIpc) is 2.09. The lowest BCUT2D eigenvalue weighted by molar-refractivity contribution is 0.387. The van der Waals surface area contributed by atoms with E-state index in [4.69, 9.17) is 5.73 Å². The first-order valence-electron chi connectivity index (χ1n) is 3.52. The maximum absolute atomic E-state index is 5.50. The summed E-state index contributed by atoms with van der Waals surface area (Å²) in [5, 5.41) is 4.03. The molecule has 0 aliphatic carbocycles. The van der Waals surface area contributed by atoms with Crippen LogP contribution in [0, 0.1) is 0 Å². The summed E-state index contributed by atoms with van der Waals surface area (Å²) in [6.07, 6.45) is 0. The molecule has 0 spiro atoms. The minimum Gasteiger partial charge on any atom is -0.382 e. The molecule has 0 saturated heterocycles. The Bertz CT molecular complexity index is 239. The summed E-state index contributed by atoms with van der Waals surface area (Å²) in [4.78, 5) is 2.08. The van der Waals surface area contributed by atoms with Crippen molar-refractivity contribution in [2.75, 3.05) is 19.8 Å². The number of nitrogens with zero attached hydrogens (tertiary/aromatic N) is 3. The van der Waals surface area contributed by atoms with Gasteiger partial charge in [0.05, 0.1) is 5.69 Å². The van der Waals surface area contributed by atoms with E-state index in [0.29, 0.717) is 5.82 Å². The fourth-order valence-corrected chi connectivity index (χ4v) is 1.00. The maximum atomic E-state index is 5.50. The Labute approximate surface area is 66.6 Å². The fraction of sp³-hybridized carbons (Fsp3) is 0.571. The summed E-state index contributed by atoms with van der Waals surface area (Å²) in [7, 11) is 5.93.